The molecule has 4 nitrogen and oxygen atoms in total. The Bertz CT molecular complexity index is 671. The summed E-state index contributed by atoms with van der Waals surface area (Å²) in [6, 6.07) is 9.47. The van der Waals surface area contributed by atoms with Crippen molar-refractivity contribution in [3.8, 4) is 5.75 Å². The lowest BCUT2D eigenvalue weighted by Gasteiger charge is -2.10. The molecule has 2 aromatic rings. The first-order valence-corrected chi connectivity index (χ1v) is 6.54. The molecule has 0 atom stereocenters. The van der Waals surface area contributed by atoms with Crippen LogP contribution in [0.2, 0.25) is 0 Å². The van der Waals surface area contributed by atoms with Gasteiger partial charge in [0.05, 0.1) is 12.2 Å². The lowest BCUT2D eigenvalue weighted by molar-refractivity contribution is 0.0696. The summed E-state index contributed by atoms with van der Waals surface area (Å²) in [6.45, 7) is 3.91. The van der Waals surface area contributed by atoms with Gasteiger partial charge in [-0.2, -0.15) is 0 Å². The van der Waals surface area contributed by atoms with Crippen LogP contribution in [0.5, 0.6) is 5.75 Å². The Kier molecular flexibility index (Phi) is 4.42. The minimum absolute atomic E-state index is 0.209. The Morgan fingerprint density at radius 3 is 2.48 bits per heavy atom. The van der Waals surface area contributed by atoms with E-state index in [2.05, 4.69) is 5.32 Å². The highest BCUT2D eigenvalue weighted by Crippen LogP contribution is 2.25. The Hall–Kier alpha value is -2.56. The fourth-order valence-corrected chi connectivity index (χ4v) is 2.00. The third-order valence-electron chi connectivity index (χ3n) is 2.98. The minimum atomic E-state index is -0.967. The van der Waals surface area contributed by atoms with E-state index >= 15 is 0 Å². The lowest BCUT2D eigenvalue weighted by Crippen LogP contribution is -2.01. The third kappa shape index (κ3) is 3.51. The van der Waals surface area contributed by atoms with Crippen LogP contribution in [0.15, 0.2) is 36.4 Å². The predicted molar refractivity (Wildman–Crippen MR) is 79.0 cm³/mol. The van der Waals surface area contributed by atoms with E-state index in [0.29, 0.717) is 23.5 Å². The molecule has 0 aliphatic carbocycles. The molecule has 0 radical (unpaired) electrons. The first-order valence-electron chi connectivity index (χ1n) is 6.54. The second kappa shape index (κ2) is 6.26. The number of carboxylic acids is 1. The highest BCUT2D eigenvalue weighted by Gasteiger charge is 2.08. The summed E-state index contributed by atoms with van der Waals surface area (Å²) in [5, 5.41) is 12.0. The molecule has 2 rings (SSSR count). The molecule has 5 heteroatoms. The van der Waals surface area contributed by atoms with Crippen LogP contribution in [0.25, 0.3) is 0 Å². The lowest BCUT2D eigenvalue weighted by atomic mass is 10.1. The van der Waals surface area contributed by atoms with Gasteiger partial charge in [0.1, 0.15) is 0 Å². The van der Waals surface area contributed by atoms with Crippen LogP contribution in [0.3, 0.4) is 0 Å². The zero-order valence-electron chi connectivity index (χ0n) is 11.8. The normalized spacial score (nSPS) is 10.2. The molecule has 0 fully saturated rings. The van der Waals surface area contributed by atoms with Crippen LogP contribution < -0.4 is 10.1 Å². The van der Waals surface area contributed by atoms with Gasteiger partial charge in [-0.05, 0) is 49.7 Å². The molecule has 0 aliphatic rings. The number of benzene rings is 2. The van der Waals surface area contributed by atoms with Crippen LogP contribution in [0.4, 0.5) is 15.8 Å². The molecule has 0 aromatic heterocycles. The molecule has 0 heterocycles. The van der Waals surface area contributed by atoms with Crippen molar-refractivity contribution in [1.29, 1.82) is 0 Å². The molecule has 2 N–H and O–H groups in total. The summed E-state index contributed by atoms with van der Waals surface area (Å²) < 4.78 is 18.9. The summed E-state index contributed by atoms with van der Waals surface area (Å²) in [6.07, 6.45) is 0. The Balaban J connectivity index is 2.20. The van der Waals surface area contributed by atoms with Crippen molar-refractivity contribution < 1.29 is 19.0 Å². The van der Waals surface area contributed by atoms with E-state index in [4.69, 9.17) is 9.84 Å². The molecule has 0 amide bonds. The summed E-state index contributed by atoms with van der Waals surface area (Å²) in [5.41, 5.74) is 2.15. The van der Waals surface area contributed by atoms with Gasteiger partial charge in [-0.15, -0.1) is 0 Å². The summed E-state index contributed by atoms with van der Waals surface area (Å²) in [7, 11) is 0. The van der Waals surface area contributed by atoms with E-state index in [1.807, 2.05) is 0 Å². The fraction of sp³-hybridized carbons (Fsp3) is 0.188. The van der Waals surface area contributed by atoms with Crippen molar-refractivity contribution in [3.05, 3.63) is 53.3 Å². The largest absolute Gasteiger partial charge is 0.491 e. The average Bonchev–Trinajstić information content (AvgIpc) is 2.41. The smallest absolute Gasteiger partial charge is 0.335 e. The molecule has 0 saturated heterocycles. The topological polar surface area (TPSA) is 58.6 Å². The maximum Gasteiger partial charge on any atom is 0.335 e. The molecule has 110 valence electrons. The van der Waals surface area contributed by atoms with Crippen molar-refractivity contribution in [2.24, 2.45) is 0 Å². The molecular formula is C16H16FNO3. The zero-order valence-corrected chi connectivity index (χ0v) is 11.8. The monoisotopic (exact) mass is 289 g/mol. The van der Waals surface area contributed by atoms with Gasteiger partial charge in [-0.3, -0.25) is 0 Å². The van der Waals surface area contributed by atoms with E-state index < -0.39 is 11.8 Å². The second-order valence-electron chi connectivity index (χ2n) is 4.54. The van der Waals surface area contributed by atoms with E-state index in [0.717, 1.165) is 0 Å². The Morgan fingerprint density at radius 2 is 1.90 bits per heavy atom. The van der Waals surface area contributed by atoms with Crippen molar-refractivity contribution >= 4 is 17.3 Å². The Morgan fingerprint density at radius 1 is 1.24 bits per heavy atom. The van der Waals surface area contributed by atoms with Gasteiger partial charge in [-0.1, -0.05) is 0 Å². The Labute approximate surface area is 122 Å². The maximum absolute atomic E-state index is 13.7. The van der Waals surface area contributed by atoms with E-state index in [1.54, 1.807) is 38.1 Å². The van der Waals surface area contributed by atoms with Crippen LogP contribution >= 0.6 is 0 Å². The molecule has 0 unspecified atom stereocenters. The van der Waals surface area contributed by atoms with Gasteiger partial charge < -0.3 is 15.2 Å². The van der Waals surface area contributed by atoms with Crippen LogP contribution in [0, 0.1) is 12.7 Å². The predicted octanol–water partition coefficient (Wildman–Crippen LogP) is 3.97. The number of aromatic carboxylic acids is 1. The molecule has 0 aliphatic heterocycles. The standard InChI is InChI=1S/C16H16FNO3/c1-3-21-15-7-5-12(9-14(15)17)18-11-4-6-13(16(19)20)10(2)8-11/h4-9,18H,3H2,1-2H3,(H,19,20). The zero-order chi connectivity index (χ0) is 15.4. The van der Waals surface area contributed by atoms with Gasteiger partial charge in [0.25, 0.3) is 0 Å². The molecule has 0 saturated carbocycles. The number of halogens is 1. The number of carbonyl (C=O) groups is 1. The second-order valence-corrected chi connectivity index (χ2v) is 4.54. The van der Waals surface area contributed by atoms with Gasteiger partial charge in [0, 0.05) is 17.4 Å². The molecule has 0 bridgehead atoms. The number of anilines is 2. The van der Waals surface area contributed by atoms with E-state index in [1.165, 1.54) is 12.1 Å². The van der Waals surface area contributed by atoms with Crippen LogP contribution in [0.1, 0.15) is 22.8 Å². The molecule has 0 spiro atoms. The third-order valence-corrected chi connectivity index (χ3v) is 2.98. The number of rotatable bonds is 5. The van der Waals surface area contributed by atoms with Gasteiger partial charge >= 0.3 is 5.97 Å². The summed E-state index contributed by atoms with van der Waals surface area (Å²) >= 11 is 0. The van der Waals surface area contributed by atoms with E-state index in [9.17, 15) is 9.18 Å². The van der Waals surface area contributed by atoms with Crippen molar-refractivity contribution in [1.82, 2.24) is 0 Å². The maximum atomic E-state index is 13.7. The van der Waals surface area contributed by atoms with Crippen LogP contribution in [-0.2, 0) is 0 Å². The quantitative estimate of drug-likeness (QED) is 0.874. The number of carboxylic acid groups (broad SMARTS) is 1. The SMILES string of the molecule is CCOc1ccc(Nc2ccc(C(=O)O)c(C)c2)cc1F. The van der Waals surface area contributed by atoms with Crippen LogP contribution in [-0.4, -0.2) is 17.7 Å². The fourth-order valence-electron chi connectivity index (χ4n) is 2.00. The number of aryl methyl sites for hydroxylation is 1. The van der Waals surface area contributed by atoms with Crippen molar-refractivity contribution in [3.63, 3.8) is 0 Å². The number of hydrogen-bond acceptors (Lipinski definition) is 3. The van der Waals surface area contributed by atoms with E-state index in [-0.39, 0.29) is 11.3 Å². The summed E-state index contributed by atoms with van der Waals surface area (Å²) in [5.74, 6) is -1.20. The minimum Gasteiger partial charge on any atom is -0.491 e. The van der Waals surface area contributed by atoms with Crippen molar-refractivity contribution in [2.45, 2.75) is 13.8 Å². The highest BCUT2D eigenvalue weighted by atomic mass is 19.1. The number of nitrogens with one attached hydrogen (secondary N) is 1. The molecule has 2 aromatic carbocycles. The average molecular weight is 289 g/mol. The van der Waals surface area contributed by atoms with Crippen molar-refractivity contribution in [2.75, 3.05) is 11.9 Å². The van der Waals surface area contributed by atoms with Gasteiger partial charge in [0.15, 0.2) is 11.6 Å². The highest BCUT2D eigenvalue weighted by molar-refractivity contribution is 5.90. The molecule has 21 heavy (non-hydrogen) atoms. The number of hydrogen-bond donors (Lipinski definition) is 2. The van der Waals surface area contributed by atoms with Gasteiger partial charge in [0.2, 0.25) is 0 Å². The number of ether oxygens (including phenoxy) is 1. The first kappa shape index (κ1) is 14.8. The first-order chi connectivity index (χ1) is 10.0. The van der Waals surface area contributed by atoms with Gasteiger partial charge in [-0.25, -0.2) is 9.18 Å². The summed E-state index contributed by atoms with van der Waals surface area (Å²) in [4.78, 5) is 11.0. The molecular weight excluding hydrogens is 273 g/mol.